The molecule has 0 saturated heterocycles. The summed E-state index contributed by atoms with van der Waals surface area (Å²) in [4.78, 5) is 4.05. The van der Waals surface area contributed by atoms with E-state index in [1.165, 1.54) is 11.1 Å². The molecule has 21 heavy (non-hydrogen) atoms. The fourth-order valence-corrected chi connectivity index (χ4v) is 2.72. The van der Waals surface area contributed by atoms with Crippen molar-refractivity contribution in [2.75, 3.05) is 11.8 Å². The average Bonchev–Trinajstić information content (AvgIpc) is 3.05. The number of hydrogen-bond acceptors (Lipinski definition) is 2. The van der Waals surface area contributed by atoms with Crippen molar-refractivity contribution in [2.45, 2.75) is 38.1 Å². The SMILES string of the molecule is ClCCCc1ccc(CC(CCCCl)n2cncn2)cc1. The number of rotatable bonds is 9. The molecule has 0 amide bonds. The van der Waals surface area contributed by atoms with Gasteiger partial charge in [0.25, 0.3) is 0 Å². The summed E-state index contributed by atoms with van der Waals surface area (Å²) in [5, 5.41) is 4.27. The van der Waals surface area contributed by atoms with Crippen molar-refractivity contribution in [3.8, 4) is 0 Å². The zero-order valence-corrected chi connectivity index (χ0v) is 13.6. The molecule has 5 heteroatoms. The van der Waals surface area contributed by atoms with Gasteiger partial charge in [0.1, 0.15) is 12.7 Å². The highest BCUT2D eigenvalue weighted by Crippen LogP contribution is 2.19. The Bertz CT molecular complexity index is 497. The Kier molecular flexibility index (Phi) is 7.04. The first-order valence-corrected chi connectivity index (χ1v) is 8.44. The Morgan fingerprint density at radius 3 is 2.33 bits per heavy atom. The largest absolute Gasteiger partial charge is 0.250 e. The summed E-state index contributed by atoms with van der Waals surface area (Å²) in [6, 6.07) is 9.12. The lowest BCUT2D eigenvalue weighted by Crippen LogP contribution is -2.13. The number of benzene rings is 1. The number of nitrogens with zero attached hydrogens (tertiary/aromatic N) is 3. The third-order valence-electron chi connectivity index (χ3n) is 3.58. The van der Waals surface area contributed by atoms with E-state index in [0.29, 0.717) is 17.8 Å². The molecule has 114 valence electrons. The van der Waals surface area contributed by atoms with Gasteiger partial charge in [-0.15, -0.1) is 23.2 Å². The highest BCUT2D eigenvalue weighted by Gasteiger charge is 2.12. The second kappa shape index (κ2) is 9.06. The average molecular weight is 326 g/mol. The van der Waals surface area contributed by atoms with Crippen molar-refractivity contribution in [3.63, 3.8) is 0 Å². The van der Waals surface area contributed by atoms with Gasteiger partial charge in [0.15, 0.2) is 0 Å². The molecule has 0 aliphatic rings. The first-order chi connectivity index (χ1) is 10.3. The molecule has 0 fully saturated rings. The summed E-state index contributed by atoms with van der Waals surface area (Å²) in [5.74, 6) is 1.40. The standard InChI is InChI=1S/C16H21Cl2N3/c17-9-1-3-14-5-7-15(8-6-14)11-16(4-2-10-18)21-13-19-12-20-21/h5-8,12-13,16H,1-4,9-11H2. The predicted molar refractivity (Wildman–Crippen MR) is 88.2 cm³/mol. The van der Waals surface area contributed by atoms with E-state index in [0.717, 1.165) is 32.1 Å². The maximum absolute atomic E-state index is 5.82. The molecule has 3 nitrogen and oxygen atoms in total. The summed E-state index contributed by atoms with van der Waals surface area (Å²) < 4.78 is 1.94. The fraction of sp³-hybridized carbons (Fsp3) is 0.500. The van der Waals surface area contributed by atoms with Crippen LogP contribution >= 0.6 is 23.2 Å². The van der Waals surface area contributed by atoms with Crippen molar-refractivity contribution >= 4 is 23.2 Å². The molecule has 1 aromatic carbocycles. The second-order valence-corrected chi connectivity index (χ2v) is 5.93. The molecule has 0 aliphatic carbocycles. The van der Waals surface area contributed by atoms with Gasteiger partial charge in [-0.1, -0.05) is 24.3 Å². The minimum Gasteiger partial charge on any atom is -0.250 e. The summed E-state index contributed by atoms with van der Waals surface area (Å²) in [6.07, 6.45) is 8.40. The third-order valence-corrected chi connectivity index (χ3v) is 4.11. The van der Waals surface area contributed by atoms with Gasteiger partial charge in [-0.2, -0.15) is 5.10 Å². The third kappa shape index (κ3) is 5.33. The molecule has 0 aliphatic heterocycles. The van der Waals surface area contributed by atoms with E-state index >= 15 is 0 Å². The van der Waals surface area contributed by atoms with Crippen molar-refractivity contribution in [2.24, 2.45) is 0 Å². The van der Waals surface area contributed by atoms with Crippen molar-refractivity contribution in [3.05, 3.63) is 48.0 Å². The molecule has 0 radical (unpaired) electrons. The van der Waals surface area contributed by atoms with Crippen LogP contribution in [-0.4, -0.2) is 26.5 Å². The van der Waals surface area contributed by atoms with Crippen LogP contribution in [-0.2, 0) is 12.8 Å². The van der Waals surface area contributed by atoms with E-state index in [-0.39, 0.29) is 0 Å². The number of aryl methyl sites for hydroxylation is 1. The van der Waals surface area contributed by atoms with Gasteiger partial charge >= 0.3 is 0 Å². The molecule has 2 aromatic rings. The van der Waals surface area contributed by atoms with Crippen LogP contribution in [0.1, 0.15) is 36.4 Å². The molecule has 0 saturated carbocycles. The lowest BCUT2D eigenvalue weighted by Gasteiger charge is -2.17. The van der Waals surface area contributed by atoms with Crippen LogP contribution in [0, 0.1) is 0 Å². The summed E-state index contributed by atoms with van der Waals surface area (Å²) >= 11 is 11.6. The highest BCUT2D eigenvalue weighted by atomic mass is 35.5. The van der Waals surface area contributed by atoms with E-state index in [1.54, 1.807) is 12.7 Å². The quantitative estimate of drug-likeness (QED) is 0.645. The van der Waals surface area contributed by atoms with Crippen molar-refractivity contribution in [1.82, 2.24) is 14.8 Å². The Hall–Kier alpha value is -1.06. The minimum atomic E-state index is 0.319. The maximum Gasteiger partial charge on any atom is 0.137 e. The molecular weight excluding hydrogens is 305 g/mol. The van der Waals surface area contributed by atoms with Gasteiger partial charge in [-0.3, -0.25) is 0 Å². The zero-order chi connectivity index (χ0) is 14.9. The molecule has 1 heterocycles. The summed E-state index contributed by atoms with van der Waals surface area (Å²) in [5.41, 5.74) is 2.66. The Morgan fingerprint density at radius 2 is 1.71 bits per heavy atom. The molecule has 1 unspecified atom stereocenters. The number of aromatic nitrogens is 3. The van der Waals surface area contributed by atoms with E-state index in [9.17, 15) is 0 Å². The highest BCUT2D eigenvalue weighted by molar-refractivity contribution is 6.18. The van der Waals surface area contributed by atoms with Crippen LogP contribution in [0.5, 0.6) is 0 Å². The van der Waals surface area contributed by atoms with E-state index in [1.807, 2.05) is 4.68 Å². The Labute approximate surface area is 136 Å². The predicted octanol–water partition coefficient (Wildman–Crippen LogP) is 4.25. The van der Waals surface area contributed by atoms with Gasteiger partial charge in [-0.25, -0.2) is 9.67 Å². The lowest BCUT2D eigenvalue weighted by atomic mass is 10.00. The van der Waals surface area contributed by atoms with Gasteiger partial charge in [-0.05, 0) is 43.2 Å². The number of alkyl halides is 2. The van der Waals surface area contributed by atoms with Crippen LogP contribution in [0.4, 0.5) is 0 Å². The number of halogens is 2. The summed E-state index contributed by atoms with van der Waals surface area (Å²) in [6.45, 7) is 0. The summed E-state index contributed by atoms with van der Waals surface area (Å²) in [7, 11) is 0. The van der Waals surface area contributed by atoms with Crippen molar-refractivity contribution in [1.29, 1.82) is 0 Å². The van der Waals surface area contributed by atoms with E-state index < -0.39 is 0 Å². The maximum atomic E-state index is 5.82. The van der Waals surface area contributed by atoms with Gasteiger partial charge in [0, 0.05) is 11.8 Å². The van der Waals surface area contributed by atoms with Gasteiger partial charge in [0.05, 0.1) is 6.04 Å². The van der Waals surface area contributed by atoms with E-state index in [2.05, 4.69) is 34.3 Å². The second-order valence-electron chi connectivity index (χ2n) is 5.17. The minimum absolute atomic E-state index is 0.319. The van der Waals surface area contributed by atoms with Gasteiger partial charge < -0.3 is 0 Å². The first-order valence-electron chi connectivity index (χ1n) is 7.37. The monoisotopic (exact) mass is 325 g/mol. The van der Waals surface area contributed by atoms with Crippen LogP contribution in [0.2, 0.25) is 0 Å². The fourth-order valence-electron chi connectivity index (χ4n) is 2.43. The molecule has 1 atom stereocenters. The smallest absolute Gasteiger partial charge is 0.137 e. The molecule has 2 rings (SSSR count). The molecule has 1 aromatic heterocycles. The number of hydrogen-bond donors (Lipinski definition) is 0. The van der Waals surface area contributed by atoms with Crippen LogP contribution in [0.3, 0.4) is 0 Å². The van der Waals surface area contributed by atoms with Gasteiger partial charge in [0.2, 0.25) is 0 Å². The zero-order valence-electron chi connectivity index (χ0n) is 12.1. The normalized spacial score (nSPS) is 12.5. The molecule has 0 N–H and O–H groups in total. The Morgan fingerprint density at radius 1 is 1.00 bits per heavy atom. The lowest BCUT2D eigenvalue weighted by molar-refractivity contribution is 0.418. The topological polar surface area (TPSA) is 30.7 Å². The van der Waals surface area contributed by atoms with Crippen LogP contribution in [0.25, 0.3) is 0 Å². The molecule has 0 bridgehead atoms. The van der Waals surface area contributed by atoms with Crippen LogP contribution in [0.15, 0.2) is 36.9 Å². The van der Waals surface area contributed by atoms with Crippen molar-refractivity contribution < 1.29 is 0 Å². The molecular formula is C16H21Cl2N3. The first kappa shape index (κ1) is 16.3. The molecule has 0 spiro atoms. The Balaban J connectivity index is 1.99. The van der Waals surface area contributed by atoms with Crippen LogP contribution < -0.4 is 0 Å². The van der Waals surface area contributed by atoms with E-state index in [4.69, 9.17) is 23.2 Å².